The Hall–Kier alpha value is -2.72. The lowest BCUT2D eigenvalue weighted by molar-refractivity contribution is -0.126. The van der Waals surface area contributed by atoms with Gasteiger partial charge in [0.2, 0.25) is 10.0 Å². The predicted octanol–water partition coefficient (Wildman–Crippen LogP) is 2.61. The van der Waals surface area contributed by atoms with E-state index >= 15 is 0 Å². The molecule has 2 aromatic rings. The Balaban J connectivity index is 1.73. The highest BCUT2D eigenvalue weighted by Gasteiger charge is 2.27. The molecule has 1 amide bonds. The van der Waals surface area contributed by atoms with Gasteiger partial charge >= 0.3 is 0 Å². The summed E-state index contributed by atoms with van der Waals surface area (Å²) in [6.07, 6.45) is 2.41. The molecule has 3 rings (SSSR count). The second kappa shape index (κ2) is 10.7. The highest BCUT2D eigenvalue weighted by molar-refractivity contribution is 7.89. The van der Waals surface area contributed by atoms with Gasteiger partial charge < -0.3 is 9.47 Å². The fourth-order valence-corrected chi connectivity index (χ4v) is 4.89. The van der Waals surface area contributed by atoms with Crippen molar-refractivity contribution in [3.05, 3.63) is 59.7 Å². The molecule has 0 unspecified atom stereocenters. The quantitative estimate of drug-likeness (QED) is 0.339. The van der Waals surface area contributed by atoms with Gasteiger partial charge in [-0.2, -0.15) is 4.31 Å². The highest BCUT2D eigenvalue weighted by atomic mass is 32.2. The Morgan fingerprint density at radius 3 is 2.62 bits per heavy atom. The zero-order chi connectivity index (χ0) is 23.1. The Labute approximate surface area is 188 Å². The molecule has 32 heavy (non-hydrogen) atoms. The van der Waals surface area contributed by atoms with Crippen LogP contribution in [0.3, 0.4) is 0 Å². The second-order valence-corrected chi connectivity index (χ2v) is 9.50. The van der Waals surface area contributed by atoms with E-state index in [0.717, 1.165) is 33.6 Å². The molecule has 2 aromatic carbocycles. The summed E-state index contributed by atoms with van der Waals surface area (Å²) in [5, 5.41) is 8.58. The monoisotopic (exact) mass is 460 g/mol. The predicted molar refractivity (Wildman–Crippen MR) is 122 cm³/mol. The summed E-state index contributed by atoms with van der Waals surface area (Å²) in [5.41, 5.74) is 6.73. The summed E-state index contributed by atoms with van der Waals surface area (Å²) >= 11 is 0. The molecule has 0 bridgehead atoms. The van der Waals surface area contributed by atoms with E-state index in [4.69, 9.17) is 14.7 Å². The third-order valence-corrected chi connectivity index (χ3v) is 7.05. The van der Waals surface area contributed by atoms with Crippen LogP contribution in [0.1, 0.15) is 17.5 Å². The molecule has 0 saturated heterocycles. The topological polar surface area (TPSA) is 105 Å². The van der Waals surface area contributed by atoms with Crippen LogP contribution in [0.15, 0.2) is 48.5 Å². The number of ether oxygens (including phenoxy) is 2. The van der Waals surface area contributed by atoms with E-state index < -0.39 is 21.7 Å². The van der Waals surface area contributed by atoms with Crippen LogP contribution < -0.4 is 10.2 Å². The number of benzene rings is 2. The number of carbonyl (C=O) groups excluding carboxylic acids is 1. The number of methoxy groups -OCH3 is 1. The van der Waals surface area contributed by atoms with Crippen molar-refractivity contribution in [2.45, 2.75) is 13.3 Å². The maximum atomic E-state index is 12.3. The Morgan fingerprint density at radius 2 is 1.97 bits per heavy atom. The van der Waals surface area contributed by atoms with Crippen molar-refractivity contribution in [2.24, 2.45) is 0 Å². The average molecular weight is 461 g/mol. The first-order chi connectivity index (χ1) is 15.3. The Kier molecular flexibility index (Phi) is 8.03. The number of amides is 1. The fourth-order valence-electron chi connectivity index (χ4n) is 3.64. The number of carbonyl (C=O) groups is 1. The van der Waals surface area contributed by atoms with Gasteiger partial charge in [-0.1, -0.05) is 36.4 Å². The number of rotatable bonds is 9. The SMILES string of the molecule is COCCOc1cccc(-c2ccc(C3=CCN(S(=O)(=O)CC(=O)NO)CC3)cc2C)c1. The molecule has 2 N–H and O–H groups in total. The van der Waals surface area contributed by atoms with Crippen molar-refractivity contribution in [3.63, 3.8) is 0 Å². The lowest BCUT2D eigenvalue weighted by Gasteiger charge is -2.26. The first-order valence-corrected chi connectivity index (χ1v) is 11.9. The standard InChI is InChI=1S/C23H28N2O6S/c1-17-14-19(18-8-10-25(11-9-18)32(28,29)16-23(26)24-27)6-7-22(17)20-4-3-5-21(15-20)31-13-12-30-2/h3-8,14-15,27H,9-13,16H2,1-2H3,(H,24,26). The van der Waals surface area contributed by atoms with Crippen LogP contribution in [0.2, 0.25) is 0 Å². The molecule has 0 saturated carbocycles. The van der Waals surface area contributed by atoms with Crippen LogP contribution in [-0.4, -0.2) is 63.0 Å². The van der Waals surface area contributed by atoms with Gasteiger partial charge in [0.1, 0.15) is 18.1 Å². The molecule has 0 spiro atoms. The van der Waals surface area contributed by atoms with Crippen molar-refractivity contribution < 1.29 is 27.9 Å². The van der Waals surface area contributed by atoms with Crippen LogP contribution >= 0.6 is 0 Å². The maximum Gasteiger partial charge on any atom is 0.259 e. The molecular formula is C23H28N2O6S. The van der Waals surface area contributed by atoms with Crippen molar-refractivity contribution in [1.82, 2.24) is 9.79 Å². The molecular weight excluding hydrogens is 432 g/mol. The van der Waals surface area contributed by atoms with Crippen molar-refractivity contribution in [3.8, 4) is 16.9 Å². The van der Waals surface area contributed by atoms with Crippen molar-refractivity contribution in [2.75, 3.05) is 39.2 Å². The minimum absolute atomic E-state index is 0.192. The molecule has 1 aliphatic heterocycles. The number of aryl methyl sites for hydroxylation is 1. The molecule has 0 fully saturated rings. The summed E-state index contributed by atoms with van der Waals surface area (Å²) in [5.74, 6) is -0.928. The number of hydrogen-bond acceptors (Lipinski definition) is 6. The summed E-state index contributed by atoms with van der Waals surface area (Å²) in [7, 11) is -2.13. The van der Waals surface area contributed by atoms with Crippen LogP contribution in [0, 0.1) is 6.92 Å². The molecule has 9 heteroatoms. The second-order valence-electron chi connectivity index (χ2n) is 7.53. The molecule has 0 radical (unpaired) electrons. The van der Waals surface area contributed by atoms with Gasteiger partial charge in [-0.25, -0.2) is 13.9 Å². The average Bonchev–Trinajstić information content (AvgIpc) is 2.79. The van der Waals surface area contributed by atoms with E-state index in [1.165, 1.54) is 9.79 Å². The summed E-state index contributed by atoms with van der Waals surface area (Å²) in [6.45, 7) is 3.54. The fraction of sp³-hybridized carbons (Fsp3) is 0.348. The maximum absolute atomic E-state index is 12.3. The van der Waals surface area contributed by atoms with Gasteiger partial charge in [0.15, 0.2) is 0 Å². The van der Waals surface area contributed by atoms with Gasteiger partial charge in [-0.3, -0.25) is 10.0 Å². The van der Waals surface area contributed by atoms with E-state index in [0.29, 0.717) is 19.6 Å². The van der Waals surface area contributed by atoms with Gasteiger partial charge in [-0.05, 0) is 53.3 Å². The number of hydrogen-bond donors (Lipinski definition) is 2. The van der Waals surface area contributed by atoms with Gasteiger partial charge in [0.05, 0.1) is 6.61 Å². The minimum atomic E-state index is -3.77. The summed E-state index contributed by atoms with van der Waals surface area (Å²) in [6, 6.07) is 14.1. The highest BCUT2D eigenvalue weighted by Crippen LogP contribution is 2.31. The smallest absolute Gasteiger partial charge is 0.259 e. The lowest BCUT2D eigenvalue weighted by Crippen LogP contribution is -2.40. The number of hydroxylamine groups is 1. The molecule has 0 aromatic heterocycles. The van der Waals surface area contributed by atoms with Gasteiger partial charge in [-0.15, -0.1) is 0 Å². The number of sulfonamides is 1. The summed E-state index contributed by atoms with van der Waals surface area (Å²) in [4.78, 5) is 11.2. The van der Waals surface area contributed by atoms with Crippen LogP contribution in [0.4, 0.5) is 0 Å². The van der Waals surface area contributed by atoms with E-state index in [1.54, 1.807) is 7.11 Å². The summed E-state index contributed by atoms with van der Waals surface area (Å²) < 4.78 is 36.5. The molecule has 172 valence electrons. The third kappa shape index (κ3) is 5.95. The molecule has 0 atom stereocenters. The first kappa shape index (κ1) is 23.9. The Morgan fingerprint density at radius 1 is 1.16 bits per heavy atom. The van der Waals surface area contributed by atoms with Crippen LogP contribution in [0.5, 0.6) is 5.75 Å². The Bertz CT molecular complexity index is 1100. The number of nitrogens with one attached hydrogen (secondary N) is 1. The zero-order valence-corrected chi connectivity index (χ0v) is 19.0. The van der Waals surface area contributed by atoms with E-state index in [9.17, 15) is 13.2 Å². The molecule has 1 aliphatic rings. The van der Waals surface area contributed by atoms with Crippen LogP contribution in [-0.2, 0) is 19.6 Å². The zero-order valence-electron chi connectivity index (χ0n) is 18.2. The molecule has 1 heterocycles. The van der Waals surface area contributed by atoms with Gasteiger partial charge in [0.25, 0.3) is 5.91 Å². The van der Waals surface area contributed by atoms with E-state index in [-0.39, 0.29) is 13.1 Å². The minimum Gasteiger partial charge on any atom is -0.491 e. The number of nitrogens with zero attached hydrogens (tertiary/aromatic N) is 1. The molecule has 0 aliphatic carbocycles. The van der Waals surface area contributed by atoms with E-state index in [2.05, 4.69) is 12.1 Å². The van der Waals surface area contributed by atoms with Crippen molar-refractivity contribution in [1.29, 1.82) is 0 Å². The van der Waals surface area contributed by atoms with Crippen molar-refractivity contribution >= 4 is 21.5 Å². The first-order valence-electron chi connectivity index (χ1n) is 10.3. The van der Waals surface area contributed by atoms with E-state index in [1.807, 2.05) is 43.3 Å². The molecule has 8 nitrogen and oxygen atoms in total. The normalized spacial score (nSPS) is 14.7. The lowest BCUT2D eigenvalue weighted by atomic mass is 9.93. The van der Waals surface area contributed by atoms with Gasteiger partial charge in [0, 0.05) is 20.2 Å². The van der Waals surface area contributed by atoms with Crippen LogP contribution in [0.25, 0.3) is 16.7 Å². The largest absolute Gasteiger partial charge is 0.491 e. The third-order valence-electron chi connectivity index (χ3n) is 5.30.